The fourth-order valence-corrected chi connectivity index (χ4v) is 3.90. The lowest BCUT2D eigenvalue weighted by atomic mass is 10.2. The zero-order valence-electron chi connectivity index (χ0n) is 14.7. The van der Waals surface area contributed by atoms with Crippen LogP contribution in [-0.4, -0.2) is 29.4 Å². The van der Waals surface area contributed by atoms with Gasteiger partial charge in [0.2, 0.25) is 5.13 Å². The SMILES string of the molecule is O=C(Nc1nnc(C(F)F)s1)c1ccc(NS(=O)(=O)c2cccc([N+](=O)[O-])c2)cc1. The Bertz CT molecular complexity index is 1200. The van der Waals surface area contributed by atoms with Crippen LogP contribution in [0.3, 0.4) is 0 Å². The molecule has 0 fully saturated rings. The summed E-state index contributed by atoms with van der Waals surface area (Å²) < 4.78 is 52.1. The molecule has 1 aromatic heterocycles. The third-order valence-electron chi connectivity index (χ3n) is 3.59. The molecule has 1 amide bonds. The van der Waals surface area contributed by atoms with Gasteiger partial charge in [0.15, 0.2) is 5.01 Å². The predicted octanol–water partition coefficient (Wildman–Crippen LogP) is 3.44. The van der Waals surface area contributed by atoms with Gasteiger partial charge in [-0.05, 0) is 30.3 Å². The number of non-ortho nitro benzene ring substituents is 1. The van der Waals surface area contributed by atoms with Gasteiger partial charge < -0.3 is 0 Å². The van der Waals surface area contributed by atoms with E-state index in [9.17, 15) is 32.1 Å². The van der Waals surface area contributed by atoms with Gasteiger partial charge in [-0.2, -0.15) is 0 Å². The van der Waals surface area contributed by atoms with E-state index in [1.807, 2.05) is 0 Å². The average molecular weight is 455 g/mol. The van der Waals surface area contributed by atoms with Crippen LogP contribution < -0.4 is 10.0 Å². The number of alkyl halides is 2. The number of rotatable bonds is 7. The Labute approximate surface area is 171 Å². The summed E-state index contributed by atoms with van der Waals surface area (Å²) in [4.78, 5) is 21.9. The molecule has 3 aromatic rings. The summed E-state index contributed by atoms with van der Waals surface area (Å²) in [6, 6.07) is 9.73. The molecule has 0 bridgehead atoms. The number of sulfonamides is 1. The summed E-state index contributed by atoms with van der Waals surface area (Å²) in [7, 11) is -4.10. The molecule has 3 rings (SSSR count). The molecule has 0 spiro atoms. The molecular weight excluding hydrogens is 444 g/mol. The summed E-state index contributed by atoms with van der Waals surface area (Å²) in [6.45, 7) is 0. The lowest BCUT2D eigenvalue weighted by Gasteiger charge is -2.09. The molecule has 156 valence electrons. The normalized spacial score (nSPS) is 11.3. The highest BCUT2D eigenvalue weighted by Crippen LogP contribution is 2.26. The van der Waals surface area contributed by atoms with E-state index in [0.29, 0.717) is 11.3 Å². The number of anilines is 2. The maximum absolute atomic E-state index is 12.5. The maximum Gasteiger partial charge on any atom is 0.291 e. The van der Waals surface area contributed by atoms with Gasteiger partial charge in [0.25, 0.3) is 28.0 Å². The van der Waals surface area contributed by atoms with Crippen molar-refractivity contribution in [2.75, 3.05) is 10.0 Å². The number of benzene rings is 2. The van der Waals surface area contributed by atoms with E-state index >= 15 is 0 Å². The quantitative estimate of drug-likeness (QED) is 0.410. The molecule has 0 aliphatic heterocycles. The van der Waals surface area contributed by atoms with Gasteiger partial charge in [0.05, 0.1) is 9.82 Å². The lowest BCUT2D eigenvalue weighted by Crippen LogP contribution is -2.14. The van der Waals surface area contributed by atoms with Crippen molar-refractivity contribution in [2.24, 2.45) is 0 Å². The highest BCUT2D eigenvalue weighted by Gasteiger charge is 2.19. The first-order valence-electron chi connectivity index (χ1n) is 7.96. The lowest BCUT2D eigenvalue weighted by molar-refractivity contribution is -0.385. The van der Waals surface area contributed by atoms with Gasteiger partial charge in [0.1, 0.15) is 0 Å². The molecule has 0 radical (unpaired) electrons. The van der Waals surface area contributed by atoms with Crippen LogP contribution in [0.2, 0.25) is 0 Å². The van der Waals surface area contributed by atoms with Crippen LogP contribution >= 0.6 is 11.3 Å². The smallest absolute Gasteiger partial charge is 0.291 e. The number of carbonyl (C=O) groups is 1. The number of aromatic nitrogens is 2. The van der Waals surface area contributed by atoms with E-state index in [-0.39, 0.29) is 27.0 Å². The zero-order chi connectivity index (χ0) is 21.9. The predicted molar refractivity (Wildman–Crippen MR) is 103 cm³/mol. The van der Waals surface area contributed by atoms with Crippen LogP contribution in [0.25, 0.3) is 0 Å². The van der Waals surface area contributed by atoms with Crippen molar-refractivity contribution in [3.63, 3.8) is 0 Å². The highest BCUT2D eigenvalue weighted by molar-refractivity contribution is 7.92. The Morgan fingerprint density at radius 3 is 2.43 bits per heavy atom. The largest absolute Gasteiger partial charge is 0.296 e. The number of hydrogen-bond acceptors (Lipinski definition) is 8. The van der Waals surface area contributed by atoms with Crippen LogP contribution in [0, 0.1) is 10.1 Å². The van der Waals surface area contributed by atoms with Crippen molar-refractivity contribution in [1.82, 2.24) is 10.2 Å². The van der Waals surface area contributed by atoms with Crippen molar-refractivity contribution in [3.05, 3.63) is 69.2 Å². The van der Waals surface area contributed by atoms with Gasteiger partial charge in [-0.25, -0.2) is 17.2 Å². The molecule has 2 N–H and O–H groups in total. The average Bonchev–Trinajstić information content (AvgIpc) is 3.17. The minimum Gasteiger partial charge on any atom is -0.296 e. The van der Waals surface area contributed by atoms with Gasteiger partial charge in [0, 0.05) is 23.4 Å². The fraction of sp³-hybridized carbons (Fsp3) is 0.0625. The van der Waals surface area contributed by atoms with E-state index in [0.717, 1.165) is 12.1 Å². The molecule has 0 unspecified atom stereocenters. The molecule has 0 saturated carbocycles. The first-order valence-corrected chi connectivity index (χ1v) is 10.3. The third kappa shape index (κ3) is 4.90. The van der Waals surface area contributed by atoms with Crippen LogP contribution in [0.15, 0.2) is 53.4 Å². The van der Waals surface area contributed by atoms with Crippen LogP contribution in [0.4, 0.5) is 25.3 Å². The number of nitrogens with zero attached hydrogens (tertiary/aromatic N) is 3. The number of hydrogen-bond donors (Lipinski definition) is 2. The molecule has 0 atom stereocenters. The van der Waals surface area contributed by atoms with E-state index in [2.05, 4.69) is 20.2 Å². The van der Waals surface area contributed by atoms with Gasteiger partial charge in [-0.1, -0.05) is 17.4 Å². The number of carbonyl (C=O) groups excluding carboxylic acids is 1. The standard InChI is InChI=1S/C16H11F2N5O5S2/c17-13(18)15-20-21-16(29-15)19-14(24)9-4-6-10(7-5-9)22-30(27,28)12-3-1-2-11(8-12)23(25)26/h1-8,13,22H,(H,19,21,24). The topological polar surface area (TPSA) is 144 Å². The van der Waals surface area contributed by atoms with Crippen molar-refractivity contribution in [1.29, 1.82) is 0 Å². The number of nitro groups is 1. The minimum absolute atomic E-state index is 0.106. The molecule has 0 aliphatic carbocycles. The summed E-state index contributed by atoms with van der Waals surface area (Å²) >= 11 is 0.532. The Morgan fingerprint density at radius 2 is 1.83 bits per heavy atom. The van der Waals surface area contributed by atoms with Crippen molar-refractivity contribution >= 4 is 43.8 Å². The Hall–Kier alpha value is -3.52. The van der Waals surface area contributed by atoms with Crippen LogP contribution in [-0.2, 0) is 10.0 Å². The van der Waals surface area contributed by atoms with E-state index in [4.69, 9.17) is 0 Å². The Balaban J connectivity index is 1.71. The molecule has 0 aliphatic rings. The molecule has 0 saturated heterocycles. The van der Waals surface area contributed by atoms with Crippen molar-refractivity contribution < 1.29 is 26.9 Å². The monoisotopic (exact) mass is 455 g/mol. The second-order valence-electron chi connectivity index (χ2n) is 5.64. The summed E-state index contributed by atoms with van der Waals surface area (Å²) in [5, 5.41) is 19.2. The molecule has 14 heteroatoms. The van der Waals surface area contributed by atoms with Crippen molar-refractivity contribution in [2.45, 2.75) is 11.3 Å². The first-order chi connectivity index (χ1) is 14.2. The fourth-order valence-electron chi connectivity index (χ4n) is 2.21. The second kappa shape index (κ2) is 8.46. The van der Waals surface area contributed by atoms with Crippen LogP contribution in [0.5, 0.6) is 0 Å². The maximum atomic E-state index is 12.5. The van der Waals surface area contributed by atoms with E-state index in [1.165, 1.54) is 36.4 Å². The third-order valence-corrected chi connectivity index (χ3v) is 5.81. The van der Waals surface area contributed by atoms with E-state index in [1.54, 1.807) is 0 Å². The first kappa shape index (κ1) is 21.2. The van der Waals surface area contributed by atoms with Crippen molar-refractivity contribution in [3.8, 4) is 0 Å². The van der Waals surface area contributed by atoms with Gasteiger partial charge >= 0.3 is 0 Å². The number of nitrogens with one attached hydrogen (secondary N) is 2. The van der Waals surface area contributed by atoms with Crippen LogP contribution in [0.1, 0.15) is 21.8 Å². The minimum atomic E-state index is -4.10. The molecule has 10 nitrogen and oxygen atoms in total. The number of nitro benzene ring substituents is 1. The Kier molecular flexibility index (Phi) is 5.98. The molecule has 2 aromatic carbocycles. The summed E-state index contributed by atoms with van der Waals surface area (Å²) in [6.07, 6.45) is -2.80. The second-order valence-corrected chi connectivity index (χ2v) is 8.33. The number of amides is 1. The Morgan fingerprint density at radius 1 is 1.13 bits per heavy atom. The molecule has 30 heavy (non-hydrogen) atoms. The number of halogens is 2. The van der Waals surface area contributed by atoms with E-state index < -0.39 is 32.3 Å². The van der Waals surface area contributed by atoms with Gasteiger partial charge in [-0.3, -0.25) is 24.9 Å². The summed E-state index contributed by atoms with van der Waals surface area (Å²) in [5.41, 5.74) is -0.160. The molecule has 1 heterocycles. The molecular formula is C16H11F2N5O5S2. The van der Waals surface area contributed by atoms with Gasteiger partial charge in [-0.15, -0.1) is 10.2 Å². The highest BCUT2D eigenvalue weighted by atomic mass is 32.2. The zero-order valence-corrected chi connectivity index (χ0v) is 16.3. The summed E-state index contributed by atoms with van der Waals surface area (Å²) in [5.74, 6) is -0.653.